The van der Waals surface area contributed by atoms with Gasteiger partial charge >= 0.3 is 0 Å². The number of nitrogens with one attached hydrogen (secondary N) is 1. The number of para-hydroxylation sites is 1. The van der Waals surface area contributed by atoms with Gasteiger partial charge in [0, 0.05) is 17.3 Å². The van der Waals surface area contributed by atoms with Gasteiger partial charge in [-0.05, 0) is 30.3 Å². The maximum Gasteiger partial charge on any atom is 0.239 e. The van der Waals surface area contributed by atoms with E-state index in [1.807, 2.05) is 24.3 Å². The Hall–Kier alpha value is -2.68. The Labute approximate surface area is 155 Å². The van der Waals surface area contributed by atoms with Gasteiger partial charge in [0.05, 0.1) is 17.8 Å². The van der Waals surface area contributed by atoms with Gasteiger partial charge in [0.25, 0.3) is 0 Å². The van der Waals surface area contributed by atoms with Gasteiger partial charge < -0.3 is 10.1 Å². The lowest BCUT2D eigenvalue weighted by atomic mass is 10.1. The van der Waals surface area contributed by atoms with Crippen molar-refractivity contribution in [2.75, 3.05) is 12.4 Å². The fourth-order valence-corrected chi connectivity index (χ4v) is 3.45. The van der Waals surface area contributed by atoms with Crippen molar-refractivity contribution in [3.05, 3.63) is 59.9 Å². The summed E-state index contributed by atoms with van der Waals surface area (Å²) in [5.74, 6) is 1.16. The van der Waals surface area contributed by atoms with Gasteiger partial charge in [-0.2, -0.15) is 0 Å². The quantitative estimate of drug-likeness (QED) is 0.692. The summed E-state index contributed by atoms with van der Waals surface area (Å²) in [4.78, 5) is 8.25. The highest BCUT2D eigenvalue weighted by Gasteiger charge is 2.14. The fourth-order valence-electron chi connectivity index (χ4n) is 2.38. The Morgan fingerprint density at radius 1 is 1.12 bits per heavy atom. The Morgan fingerprint density at radius 3 is 2.62 bits per heavy atom. The maximum absolute atomic E-state index is 11.6. The number of methoxy groups -OCH3 is 1. The van der Waals surface area contributed by atoms with Crippen LogP contribution in [0.25, 0.3) is 11.3 Å². The van der Waals surface area contributed by atoms with Crippen LogP contribution in [-0.2, 0) is 10.0 Å². The molecule has 0 bridgehead atoms. The number of nitrogens with zero attached hydrogens (tertiary/aromatic N) is 2. The molecule has 3 rings (SSSR count). The average Bonchev–Trinajstić information content (AvgIpc) is 2.62. The molecule has 0 atom stereocenters. The molecule has 0 amide bonds. The zero-order valence-electron chi connectivity index (χ0n) is 13.7. The summed E-state index contributed by atoms with van der Waals surface area (Å²) in [7, 11) is -2.34. The van der Waals surface area contributed by atoms with Crippen LogP contribution in [0, 0.1) is 0 Å². The van der Waals surface area contributed by atoms with Crippen LogP contribution in [-0.4, -0.2) is 25.5 Å². The molecule has 134 valence electrons. The van der Waals surface area contributed by atoms with Crippen molar-refractivity contribution in [2.24, 2.45) is 5.14 Å². The first kappa shape index (κ1) is 18.1. The molecule has 0 aliphatic rings. The lowest BCUT2D eigenvalue weighted by molar-refractivity contribution is 0.416. The largest absolute Gasteiger partial charge is 0.496 e. The molecule has 0 saturated heterocycles. The molecule has 2 aromatic carbocycles. The van der Waals surface area contributed by atoms with Crippen molar-refractivity contribution in [3.63, 3.8) is 0 Å². The minimum absolute atomic E-state index is 0.0513. The summed E-state index contributed by atoms with van der Waals surface area (Å²) in [5.41, 5.74) is 1.94. The predicted molar refractivity (Wildman–Crippen MR) is 100 cm³/mol. The van der Waals surface area contributed by atoms with Gasteiger partial charge in [-0.25, -0.2) is 23.5 Å². The second kappa shape index (κ2) is 7.28. The van der Waals surface area contributed by atoms with Crippen LogP contribution in [0.4, 0.5) is 11.5 Å². The number of benzene rings is 2. The molecule has 0 saturated carbocycles. The third-order valence-electron chi connectivity index (χ3n) is 3.56. The van der Waals surface area contributed by atoms with E-state index in [4.69, 9.17) is 21.5 Å². The van der Waals surface area contributed by atoms with E-state index in [1.54, 1.807) is 19.2 Å². The third kappa shape index (κ3) is 3.93. The molecule has 3 aromatic rings. The Kier molecular flexibility index (Phi) is 5.08. The minimum atomic E-state index is -3.93. The van der Waals surface area contributed by atoms with Crippen molar-refractivity contribution >= 4 is 33.1 Å². The predicted octanol–water partition coefficient (Wildman–Crippen LogP) is 3.20. The van der Waals surface area contributed by atoms with Crippen LogP contribution >= 0.6 is 11.6 Å². The van der Waals surface area contributed by atoms with Crippen LogP contribution < -0.4 is 15.2 Å². The van der Waals surface area contributed by atoms with Crippen LogP contribution in [0.1, 0.15) is 0 Å². The lowest BCUT2D eigenvalue weighted by Gasteiger charge is -2.11. The fraction of sp³-hybridized carbons (Fsp3) is 0.0588. The number of ether oxygens (including phenoxy) is 1. The van der Waals surface area contributed by atoms with Crippen molar-refractivity contribution in [1.29, 1.82) is 0 Å². The van der Waals surface area contributed by atoms with Gasteiger partial charge in [0.1, 0.15) is 22.8 Å². The molecule has 3 N–H and O–H groups in total. The van der Waals surface area contributed by atoms with Crippen LogP contribution in [0.15, 0.2) is 59.8 Å². The normalized spacial score (nSPS) is 11.2. The number of nitrogens with two attached hydrogens (primary N) is 1. The van der Waals surface area contributed by atoms with E-state index in [1.165, 1.54) is 18.5 Å². The first-order valence-corrected chi connectivity index (χ1v) is 9.36. The molecule has 0 unspecified atom stereocenters. The Morgan fingerprint density at radius 2 is 1.88 bits per heavy atom. The van der Waals surface area contributed by atoms with E-state index in [2.05, 4.69) is 15.3 Å². The summed E-state index contributed by atoms with van der Waals surface area (Å²) in [6.07, 6.45) is 1.40. The van der Waals surface area contributed by atoms with Crippen molar-refractivity contribution in [1.82, 2.24) is 9.97 Å². The molecule has 26 heavy (non-hydrogen) atoms. The summed E-state index contributed by atoms with van der Waals surface area (Å²) < 4.78 is 28.5. The zero-order valence-corrected chi connectivity index (χ0v) is 15.3. The maximum atomic E-state index is 11.6. The van der Waals surface area contributed by atoms with E-state index in [9.17, 15) is 8.42 Å². The summed E-state index contributed by atoms with van der Waals surface area (Å²) in [5, 5.41) is 8.24. The SMILES string of the molecule is COc1ccccc1-c1cc(Nc2ccc(Cl)c(S(N)(=O)=O)c2)ncn1. The summed E-state index contributed by atoms with van der Waals surface area (Å²) in [6, 6.07) is 13.6. The number of aromatic nitrogens is 2. The van der Waals surface area contributed by atoms with Gasteiger partial charge in [0.2, 0.25) is 10.0 Å². The zero-order chi connectivity index (χ0) is 18.7. The lowest BCUT2D eigenvalue weighted by Crippen LogP contribution is -2.13. The Balaban J connectivity index is 1.95. The second-order valence-electron chi connectivity index (χ2n) is 5.30. The molecule has 1 heterocycles. The molecule has 0 radical (unpaired) electrons. The van der Waals surface area contributed by atoms with Crippen LogP contribution in [0.3, 0.4) is 0 Å². The van der Waals surface area contributed by atoms with Gasteiger partial charge in [-0.15, -0.1) is 0 Å². The summed E-state index contributed by atoms with van der Waals surface area (Å²) in [6.45, 7) is 0. The number of halogens is 1. The monoisotopic (exact) mass is 390 g/mol. The van der Waals surface area contributed by atoms with Gasteiger partial charge in [-0.3, -0.25) is 0 Å². The topological polar surface area (TPSA) is 107 Å². The minimum Gasteiger partial charge on any atom is -0.496 e. The number of sulfonamides is 1. The molecule has 0 fully saturated rings. The van der Waals surface area contributed by atoms with Gasteiger partial charge in [0.15, 0.2) is 0 Å². The molecule has 9 heteroatoms. The first-order chi connectivity index (χ1) is 12.4. The molecular formula is C17H15ClN4O3S. The van der Waals surface area contributed by atoms with E-state index in [-0.39, 0.29) is 9.92 Å². The number of anilines is 2. The van der Waals surface area contributed by atoms with Crippen molar-refractivity contribution < 1.29 is 13.2 Å². The molecule has 0 aliphatic carbocycles. The van der Waals surface area contributed by atoms with Crippen LogP contribution in [0.5, 0.6) is 5.75 Å². The van der Waals surface area contributed by atoms with Crippen LogP contribution in [0.2, 0.25) is 5.02 Å². The molecule has 0 aliphatic heterocycles. The van der Waals surface area contributed by atoms with E-state index < -0.39 is 10.0 Å². The molecule has 1 aromatic heterocycles. The van der Waals surface area contributed by atoms with Gasteiger partial charge in [-0.1, -0.05) is 23.7 Å². The molecular weight excluding hydrogens is 376 g/mol. The van der Waals surface area contributed by atoms with E-state index >= 15 is 0 Å². The highest BCUT2D eigenvalue weighted by Crippen LogP contribution is 2.30. The number of hydrogen-bond donors (Lipinski definition) is 2. The highest BCUT2D eigenvalue weighted by molar-refractivity contribution is 7.89. The third-order valence-corrected chi connectivity index (χ3v) is 4.95. The smallest absolute Gasteiger partial charge is 0.239 e. The molecule has 0 spiro atoms. The molecule has 7 nitrogen and oxygen atoms in total. The van der Waals surface area contributed by atoms with E-state index in [0.29, 0.717) is 22.9 Å². The van der Waals surface area contributed by atoms with Crippen molar-refractivity contribution in [3.8, 4) is 17.0 Å². The number of primary sulfonamides is 1. The second-order valence-corrected chi connectivity index (χ2v) is 7.24. The van der Waals surface area contributed by atoms with Crippen molar-refractivity contribution in [2.45, 2.75) is 4.90 Å². The number of rotatable bonds is 5. The van der Waals surface area contributed by atoms with E-state index in [0.717, 1.165) is 5.56 Å². The highest BCUT2D eigenvalue weighted by atomic mass is 35.5. The first-order valence-electron chi connectivity index (χ1n) is 7.43. The number of hydrogen-bond acceptors (Lipinski definition) is 6. The average molecular weight is 391 g/mol. The Bertz CT molecular complexity index is 1060. The summed E-state index contributed by atoms with van der Waals surface area (Å²) >= 11 is 5.90. The standard InChI is InChI=1S/C17H15ClN4O3S/c1-25-15-5-3-2-4-12(15)14-9-17(21-10-20-14)22-11-6-7-13(18)16(8-11)26(19,23)24/h2-10H,1H3,(H2,19,23,24)(H,20,21,22).